The van der Waals surface area contributed by atoms with E-state index >= 15 is 0 Å². The Kier molecular flexibility index (Phi) is 3.57. The summed E-state index contributed by atoms with van der Waals surface area (Å²) in [7, 11) is 1.93. The van der Waals surface area contributed by atoms with Gasteiger partial charge in [-0.25, -0.2) is 0 Å². The number of hydrogen-bond donors (Lipinski definition) is 0. The highest BCUT2D eigenvalue weighted by Gasteiger charge is 2.53. The van der Waals surface area contributed by atoms with E-state index in [2.05, 4.69) is 13.0 Å². The number of allylic oxidation sites excluding steroid dienone is 4. The first kappa shape index (κ1) is 15.7. The predicted molar refractivity (Wildman–Crippen MR) is 98.8 cm³/mol. The van der Waals surface area contributed by atoms with Gasteiger partial charge in [-0.1, -0.05) is 31.4 Å². The number of ether oxygens (including phenoxy) is 1. The van der Waals surface area contributed by atoms with Crippen LogP contribution < -0.4 is 0 Å². The van der Waals surface area contributed by atoms with E-state index in [0.29, 0.717) is 11.5 Å². The van der Waals surface area contributed by atoms with Crippen molar-refractivity contribution in [3.05, 3.63) is 22.8 Å². The third-order valence-corrected chi connectivity index (χ3v) is 8.94. The second kappa shape index (κ2) is 5.47. The van der Waals surface area contributed by atoms with Gasteiger partial charge in [0.15, 0.2) is 0 Å². The first-order valence-electron chi connectivity index (χ1n) is 10.6. The van der Waals surface area contributed by atoms with E-state index in [4.69, 9.17) is 4.74 Å². The summed E-state index contributed by atoms with van der Waals surface area (Å²) >= 11 is 0. The lowest BCUT2D eigenvalue weighted by atomic mass is 9.57. The molecule has 24 heavy (non-hydrogen) atoms. The van der Waals surface area contributed by atoms with Gasteiger partial charge in [0.25, 0.3) is 0 Å². The molecule has 0 aromatic heterocycles. The molecule has 5 aliphatic rings. The fourth-order valence-corrected chi connectivity index (χ4v) is 7.65. The molecule has 2 fully saturated rings. The molecular formula is C23H34O. The molecule has 1 nitrogen and oxygen atoms in total. The quantitative estimate of drug-likeness (QED) is 0.557. The van der Waals surface area contributed by atoms with Crippen LogP contribution in [0.3, 0.4) is 0 Å². The Labute approximate surface area is 147 Å². The van der Waals surface area contributed by atoms with Crippen LogP contribution in [0.15, 0.2) is 22.8 Å². The molecule has 1 heteroatoms. The van der Waals surface area contributed by atoms with Crippen LogP contribution in [0.4, 0.5) is 0 Å². The molecule has 0 aliphatic heterocycles. The Hall–Kier alpha value is -0.560. The molecule has 0 saturated heterocycles. The van der Waals surface area contributed by atoms with E-state index in [1.165, 1.54) is 77.0 Å². The minimum atomic E-state index is 0.405. The van der Waals surface area contributed by atoms with Crippen molar-refractivity contribution in [1.29, 1.82) is 0 Å². The van der Waals surface area contributed by atoms with Crippen LogP contribution in [0.5, 0.6) is 0 Å². The van der Waals surface area contributed by atoms with Gasteiger partial charge < -0.3 is 4.74 Å². The van der Waals surface area contributed by atoms with E-state index in [0.717, 1.165) is 17.3 Å². The number of fused-ring (bicyclic) bond motifs is 4. The Morgan fingerprint density at radius 2 is 1.88 bits per heavy atom. The molecule has 0 aromatic rings. The van der Waals surface area contributed by atoms with Crippen molar-refractivity contribution in [2.75, 3.05) is 7.11 Å². The van der Waals surface area contributed by atoms with E-state index in [9.17, 15) is 0 Å². The lowest BCUT2D eigenvalue weighted by molar-refractivity contribution is -0.0120. The van der Waals surface area contributed by atoms with Crippen LogP contribution in [0.1, 0.15) is 84.0 Å². The third-order valence-electron chi connectivity index (χ3n) is 8.94. The molecular weight excluding hydrogens is 292 g/mol. The van der Waals surface area contributed by atoms with E-state index in [1.54, 1.807) is 0 Å². The van der Waals surface area contributed by atoms with Gasteiger partial charge in [0.2, 0.25) is 0 Å². The van der Waals surface area contributed by atoms with Gasteiger partial charge in [0, 0.05) is 12.5 Å². The fourth-order valence-electron chi connectivity index (χ4n) is 7.65. The lowest BCUT2D eigenvalue weighted by Gasteiger charge is -2.49. The summed E-state index contributed by atoms with van der Waals surface area (Å²) in [6.45, 7) is 2.52. The summed E-state index contributed by atoms with van der Waals surface area (Å²) < 4.78 is 5.89. The molecule has 1 spiro atoms. The van der Waals surface area contributed by atoms with Crippen LogP contribution >= 0.6 is 0 Å². The zero-order chi connectivity index (χ0) is 16.4. The van der Waals surface area contributed by atoms with E-state index in [1.807, 2.05) is 23.8 Å². The smallest absolute Gasteiger partial charge is 0.0630 e. The van der Waals surface area contributed by atoms with Crippen molar-refractivity contribution < 1.29 is 4.74 Å². The highest BCUT2D eigenvalue weighted by Crippen LogP contribution is 2.61. The fraction of sp³-hybridized carbons (Fsp3) is 0.826. The van der Waals surface area contributed by atoms with Gasteiger partial charge >= 0.3 is 0 Å². The molecule has 0 aromatic carbocycles. The van der Waals surface area contributed by atoms with Crippen LogP contribution in [0.25, 0.3) is 0 Å². The molecule has 4 atom stereocenters. The summed E-state index contributed by atoms with van der Waals surface area (Å²) in [5.41, 5.74) is 6.66. The van der Waals surface area contributed by atoms with Crippen molar-refractivity contribution >= 4 is 0 Å². The first-order valence-corrected chi connectivity index (χ1v) is 10.6. The lowest BCUT2D eigenvalue weighted by Crippen LogP contribution is -2.41. The highest BCUT2D eigenvalue weighted by molar-refractivity contribution is 5.44. The topological polar surface area (TPSA) is 9.23 Å². The Balaban J connectivity index is 1.46. The molecule has 2 saturated carbocycles. The normalized spacial score (nSPS) is 43.4. The number of hydrogen-bond acceptors (Lipinski definition) is 1. The predicted octanol–water partition coefficient (Wildman–Crippen LogP) is 6.20. The molecule has 0 N–H and O–H groups in total. The maximum Gasteiger partial charge on any atom is 0.0630 e. The van der Waals surface area contributed by atoms with Gasteiger partial charge in [0.1, 0.15) is 0 Å². The summed E-state index contributed by atoms with van der Waals surface area (Å²) in [6.07, 6.45) is 20.3. The second-order valence-corrected chi connectivity index (χ2v) is 9.89. The number of rotatable bonds is 1. The average molecular weight is 327 g/mol. The molecule has 0 amide bonds. The largest absolute Gasteiger partial charge is 0.381 e. The summed E-state index contributed by atoms with van der Waals surface area (Å²) in [5.74, 6) is 1.72. The van der Waals surface area contributed by atoms with Crippen LogP contribution in [0.2, 0.25) is 0 Å². The van der Waals surface area contributed by atoms with Gasteiger partial charge in [0.05, 0.1) is 6.10 Å². The zero-order valence-electron chi connectivity index (χ0n) is 15.7. The molecule has 5 aliphatic carbocycles. The summed E-state index contributed by atoms with van der Waals surface area (Å²) in [4.78, 5) is 0. The zero-order valence-corrected chi connectivity index (χ0v) is 15.7. The summed E-state index contributed by atoms with van der Waals surface area (Å²) in [6, 6.07) is 0. The van der Waals surface area contributed by atoms with Gasteiger partial charge in [-0.15, -0.1) is 0 Å². The number of methoxy groups -OCH3 is 1. The van der Waals surface area contributed by atoms with E-state index in [-0.39, 0.29) is 0 Å². The minimum Gasteiger partial charge on any atom is -0.381 e. The van der Waals surface area contributed by atoms with Crippen molar-refractivity contribution in [2.24, 2.45) is 22.7 Å². The second-order valence-electron chi connectivity index (χ2n) is 9.89. The van der Waals surface area contributed by atoms with Crippen molar-refractivity contribution in [1.82, 2.24) is 0 Å². The molecule has 4 unspecified atom stereocenters. The molecule has 5 rings (SSSR count). The van der Waals surface area contributed by atoms with Crippen LogP contribution in [0, 0.1) is 22.7 Å². The summed E-state index contributed by atoms with van der Waals surface area (Å²) in [5, 5.41) is 0. The minimum absolute atomic E-state index is 0.405. The SMILES string of the molecule is COC1CCC2C3CCC4=C(CCC5(CCCC5)C4)C3=CCC12C. The van der Waals surface area contributed by atoms with Crippen molar-refractivity contribution in [3.8, 4) is 0 Å². The molecule has 132 valence electrons. The third kappa shape index (κ3) is 2.09. The average Bonchev–Trinajstić information content (AvgIpc) is 3.18. The monoisotopic (exact) mass is 326 g/mol. The van der Waals surface area contributed by atoms with Crippen molar-refractivity contribution in [3.63, 3.8) is 0 Å². The highest BCUT2D eigenvalue weighted by atomic mass is 16.5. The molecule has 0 radical (unpaired) electrons. The Bertz CT molecular complexity index is 591. The van der Waals surface area contributed by atoms with Crippen molar-refractivity contribution in [2.45, 2.75) is 90.1 Å². The maximum atomic E-state index is 5.89. The van der Waals surface area contributed by atoms with Crippen LogP contribution in [-0.4, -0.2) is 13.2 Å². The van der Waals surface area contributed by atoms with Crippen LogP contribution in [-0.2, 0) is 4.74 Å². The van der Waals surface area contributed by atoms with Gasteiger partial charge in [-0.3, -0.25) is 0 Å². The molecule has 0 heterocycles. The van der Waals surface area contributed by atoms with Gasteiger partial charge in [-0.2, -0.15) is 0 Å². The maximum absolute atomic E-state index is 5.89. The Morgan fingerprint density at radius 3 is 2.67 bits per heavy atom. The Morgan fingerprint density at radius 1 is 1.04 bits per heavy atom. The standard InChI is InChI=1S/C23H34O/c1-22-13-9-18-17-10-14-23(11-3-4-12-23)15-16(17)5-6-19(18)20(22)7-8-21(22)24-2/h9,19-21H,3-8,10-15H2,1-2H3. The first-order chi connectivity index (χ1) is 11.7. The van der Waals surface area contributed by atoms with Gasteiger partial charge in [-0.05, 0) is 92.6 Å². The van der Waals surface area contributed by atoms with E-state index < -0.39 is 0 Å². The molecule has 0 bridgehead atoms.